The number of rotatable bonds is 1. The van der Waals surface area contributed by atoms with Crippen LogP contribution in [0.4, 0.5) is 0 Å². The van der Waals surface area contributed by atoms with Crippen molar-refractivity contribution >= 4 is 22.5 Å². The standard InChI is InChI=1S/C12H10ClN/c1-2-3-8-14-9-7-10-11(13)5-4-6-12(10)14/h4-7,9H,8H2,1H3. The number of hydrogen-bond acceptors (Lipinski definition) is 0. The first-order chi connectivity index (χ1) is 6.83. The third kappa shape index (κ3) is 1.49. The predicted molar refractivity (Wildman–Crippen MR) is 60.4 cm³/mol. The lowest BCUT2D eigenvalue weighted by Gasteiger charge is -1.99. The van der Waals surface area contributed by atoms with Crippen LogP contribution in [-0.2, 0) is 6.54 Å². The molecule has 1 aromatic carbocycles. The van der Waals surface area contributed by atoms with Crippen molar-refractivity contribution in [3.63, 3.8) is 0 Å². The summed E-state index contributed by atoms with van der Waals surface area (Å²) in [6, 6.07) is 7.94. The number of nitrogens with zero attached hydrogens (tertiary/aromatic N) is 1. The van der Waals surface area contributed by atoms with Gasteiger partial charge < -0.3 is 4.57 Å². The molecule has 0 fully saturated rings. The lowest BCUT2D eigenvalue weighted by molar-refractivity contribution is 0.885. The van der Waals surface area contributed by atoms with E-state index in [9.17, 15) is 0 Å². The fourth-order valence-electron chi connectivity index (χ4n) is 1.49. The Morgan fingerprint density at radius 1 is 1.36 bits per heavy atom. The van der Waals surface area contributed by atoms with E-state index in [1.165, 1.54) is 0 Å². The Morgan fingerprint density at radius 3 is 3.00 bits per heavy atom. The van der Waals surface area contributed by atoms with E-state index in [1.807, 2.05) is 31.3 Å². The van der Waals surface area contributed by atoms with Crippen molar-refractivity contribution in [2.45, 2.75) is 13.5 Å². The second kappa shape index (κ2) is 3.77. The molecule has 0 aliphatic rings. The molecule has 2 rings (SSSR count). The highest BCUT2D eigenvalue weighted by Crippen LogP contribution is 2.23. The molecule has 70 valence electrons. The van der Waals surface area contributed by atoms with E-state index < -0.39 is 0 Å². The minimum absolute atomic E-state index is 0.723. The summed E-state index contributed by atoms with van der Waals surface area (Å²) >= 11 is 6.06. The maximum absolute atomic E-state index is 6.06. The fraction of sp³-hybridized carbons (Fsp3) is 0.167. The number of halogens is 1. The minimum atomic E-state index is 0.723. The summed E-state index contributed by atoms with van der Waals surface area (Å²) in [6.45, 7) is 2.57. The molecule has 0 saturated heterocycles. The van der Waals surface area contributed by atoms with Crippen LogP contribution in [0.2, 0.25) is 5.02 Å². The zero-order chi connectivity index (χ0) is 9.97. The summed E-state index contributed by atoms with van der Waals surface area (Å²) in [5.41, 5.74) is 1.14. The molecule has 0 unspecified atom stereocenters. The fourth-order valence-corrected chi connectivity index (χ4v) is 1.72. The van der Waals surface area contributed by atoms with E-state index in [4.69, 9.17) is 11.6 Å². The Balaban J connectivity index is 2.56. The highest BCUT2D eigenvalue weighted by atomic mass is 35.5. The molecule has 1 nitrogen and oxygen atoms in total. The first-order valence-electron chi connectivity index (χ1n) is 4.46. The first kappa shape index (κ1) is 9.18. The molecule has 0 bridgehead atoms. The molecule has 0 aliphatic heterocycles. The number of hydrogen-bond donors (Lipinski definition) is 0. The molecule has 0 atom stereocenters. The highest BCUT2D eigenvalue weighted by molar-refractivity contribution is 6.35. The monoisotopic (exact) mass is 203 g/mol. The van der Waals surface area contributed by atoms with Gasteiger partial charge in [0.2, 0.25) is 0 Å². The largest absolute Gasteiger partial charge is 0.336 e. The Labute approximate surface area is 88.3 Å². The summed E-state index contributed by atoms with van der Waals surface area (Å²) in [6.07, 6.45) is 2.01. The molecule has 0 N–H and O–H groups in total. The van der Waals surface area contributed by atoms with Crippen LogP contribution in [0.15, 0.2) is 30.5 Å². The first-order valence-corrected chi connectivity index (χ1v) is 4.83. The second-order valence-corrected chi connectivity index (χ2v) is 3.45. The van der Waals surface area contributed by atoms with E-state index in [0.29, 0.717) is 0 Å². The third-order valence-corrected chi connectivity index (χ3v) is 2.52. The molecular weight excluding hydrogens is 194 g/mol. The maximum Gasteiger partial charge on any atom is 0.0837 e. The van der Waals surface area contributed by atoms with Crippen molar-refractivity contribution < 1.29 is 0 Å². The number of benzene rings is 1. The van der Waals surface area contributed by atoms with Crippen molar-refractivity contribution in [2.75, 3.05) is 0 Å². The lowest BCUT2D eigenvalue weighted by atomic mass is 10.2. The van der Waals surface area contributed by atoms with Gasteiger partial charge in [-0.3, -0.25) is 0 Å². The van der Waals surface area contributed by atoms with Crippen LogP contribution >= 0.6 is 11.6 Å². The van der Waals surface area contributed by atoms with Crippen molar-refractivity contribution in [1.82, 2.24) is 4.57 Å². The highest BCUT2D eigenvalue weighted by Gasteiger charge is 2.01. The molecule has 1 heterocycles. The van der Waals surface area contributed by atoms with Gasteiger partial charge in [0, 0.05) is 16.6 Å². The van der Waals surface area contributed by atoms with Gasteiger partial charge in [0.05, 0.1) is 12.1 Å². The van der Waals surface area contributed by atoms with Crippen LogP contribution in [0.1, 0.15) is 6.92 Å². The Morgan fingerprint density at radius 2 is 2.21 bits per heavy atom. The van der Waals surface area contributed by atoms with Crippen molar-refractivity contribution in [3.8, 4) is 11.8 Å². The lowest BCUT2D eigenvalue weighted by Crippen LogP contribution is -1.92. The van der Waals surface area contributed by atoms with Crippen LogP contribution < -0.4 is 0 Å². The zero-order valence-electron chi connectivity index (χ0n) is 7.92. The summed E-state index contributed by atoms with van der Waals surface area (Å²) in [7, 11) is 0. The van der Waals surface area contributed by atoms with Gasteiger partial charge >= 0.3 is 0 Å². The summed E-state index contributed by atoms with van der Waals surface area (Å²) in [5.74, 6) is 5.91. The molecule has 1 aromatic heterocycles. The quantitative estimate of drug-likeness (QED) is 0.627. The van der Waals surface area contributed by atoms with Gasteiger partial charge in [0.1, 0.15) is 0 Å². The van der Waals surface area contributed by atoms with E-state index >= 15 is 0 Å². The molecule has 0 aliphatic carbocycles. The maximum atomic E-state index is 6.06. The molecular formula is C12H10ClN. The van der Waals surface area contributed by atoms with Crippen LogP contribution in [-0.4, -0.2) is 4.57 Å². The number of aromatic nitrogens is 1. The zero-order valence-corrected chi connectivity index (χ0v) is 8.67. The van der Waals surface area contributed by atoms with Gasteiger partial charge in [-0.15, -0.1) is 5.92 Å². The van der Waals surface area contributed by atoms with Crippen molar-refractivity contribution in [1.29, 1.82) is 0 Å². The molecule has 2 aromatic rings. The van der Waals surface area contributed by atoms with E-state index in [0.717, 1.165) is 22.5 Å². The van der Waals surface area contributed by atoms with Gasteiger partial charge in [-0.1, -0.05) is 23.6 Å². The Hall–Kier alpha value is -1.39. The molecule has 0 amide bonds. The summed E-state index contributed by atoms with van der Waals surface area (Å²) in [4.78, 5) is 0. The van der Waals surface area contributed by atoms with Crippen LogP contribution in [0.25, 0.3) is 10.9 Å². The molecule has 0 spiro atoms. The normalized spacial score (nSPS) is 9.86. The van der Waals surface area contributed by atoms with Gasteiger partial charge in [0.25, 0.3) is 0 Å². The van der Waals surface area contributed by atoms with Crippen LogP contribution in [0, 0.1) is 11.8 Å². The van der Waals surface area contributed by atoms with Crippen molar-refractivity contribution in [2.24, 2.45) is 0 Å². The molecule has 14 heavy (non-hydrogen) atoms. The minimum Gasteiger partial charge on any atom is -0.336 e. The smallest absolute Gasteiger partial charge is 0.0837 e. The molecule has 0 radical (unpaired) electrons. The van der Waals surface area contributed by atoms with Crippen molar-refractivity contribution in [3.05, 3.63) is 35.5 Å². The van der Waals surface area contributed by atoms with Gasteiger partial charge in [-0.25, -0.2) is 0 Å². The third-order valence-electron chi connectivity index (χ3n) is 2.19. The Bertz CT molecular complexity index is 514. The van der Waals surface area contributed by atoms with Gasteiger partial charge in [-0.2, -0.15) is 0 Å². The summed E-state index contributed by atoms with van der Waals surface area (Å²) in [5, 5.41) is 1.89. The molecule has 0 saturated carbocycles. The SMILES string of the molecule is CC#CCn1ccc2c(Cl)cccc21. The van der Waals surface area contributed by atoms with E-state index in [1.54, 1.807) is 0 Å². The molecule has 2 heteroatoms. The number of fused-ring (bicyclic) bond motifs is 1. The topological polar surface area (TPSA) is 4.93 Å². The summed E-state index contributed by atoms with van der Waals surface area (Å²) < 4.78 is 2.09. The average Bonchev–Trinajstić information content (AvgIpc) is 2.60. The van der Waals surface area contributed by atoms with Gasteiger partial charge in [0.15, 0.2) is 0 Å². The van der Waals surface area contributed by atoms with Crippen LogP contribution in [0.3, 0.4) is 0 Å². The van der Waals surface area contributed by atoms with Gasteiger partial charge in [-0.05, 0) is 25.1 Å². The van der Waals surface area contributed by atoms with E-state index in [-0.39, 0.29) is 0 Å². The second-order valence-electron chi connectivity index (χ2n) is 3.04. The Kier molecular flexibility index (Phi) is 2.47. The van der Waals surface area contributed by atoms with E-state index in [2.05, 4.69) is 22.5 Å². The predicted octanol–water partition coefficient (Wildman–Crippen LogP) is 3.32. The van der Waals surface area contributed by atoms with Crippen LogP contribution in [0.5, 0.6) is 0 Å². The average molecular weight is 204 g/mol.